The second-order valence-corrected chi connectivity index (χ2v) is 6.93. The number of furan rings is 1. The van der Waals surface area contributed by atoms with Gasteiger partial charge in [-0.15, -0.1) is 0 Å². The summed E-state index contributed by atoms with van der Waals surface area (Å²) in [4.78, 5) is 4.77. The zero-order valence-corrected chi connectivity index (χ0v) is 16.3. The zero-order valence-electron chi connectivity index (χ0n) is 16.3. The molecule has 0 radical (unpaired) electrons. The Bertz CT molecular complexity index is 1090. The van der Waals surface area contributed by atoms with Gasteiger partial charge < -0.3 is 13.7 Å². The summed E-state index contributed by atoms with van der Waals surface area (Å²) in [6.45, 7) is 5.68. The lowest BCUT2D eigenvalue weighted by atomic mass is 10.1. The van der Waals surface area contributed by atoms with E-state index in [9.17, 15) is 0 Å². The molecule has 4 heteroatoms. The van der Waals surface area contributed by atoms with Gasteiger partial charge in [-0.3, -0.25) is 0 Å². The number of nitrogens with zero attached hydrogens (tertiary/aromatic N) is 2. The Morgan fingerprint density at radius 2 is 1.93 bits per heavy atom. The quantitative estimate of drug-likeness (QED) is 0.380. The minimum absolute atomic E-state index is 0.664. The standard InChI is InChI=1S/C24H24N2O2/c1-18-10-12-23(19(2)17-18)28-16-6-14-26-22-9-4-3-8-21(22)25-24(26)13-11-20-7-5-15-27-20/h3-5,7-13,15,17H,6,14,16H2,1-2H3/b13-11+. The van der Waals surface area contributed by atoms with E-state index in [0.29, 0.717) is 6.61 Å². The van der Waals surface area contributed by atoms with Crippen molar-refractivity contribution in [2.45, 2.75) is 26.8 Å². The van der Waals surface area contributed by atoms with E-state index < -0.39 is 0 Å². The second kappa shape index (κ2) is 8.17. The third-order valence-corrected chi connectivity index (χ3v) is 4.74. The molecule has 0 spiro atoms. The Hall–Kier alpha value is -3.27. The highest BCUT2D eigenvalue weighted by Crippen LogP contribution is 2.21. The first-order valence-corrected chi connectivity index (χ1v) is 9.57. The predicted molar refractivity (Wildman–Crippen MR) is 113 cm³/mol. The van der Waals surface area contributed by atoms with Crippen molar-refractivity contribution in [2.24, 2.45) is 0 Å². The Balaban J connectivity index is 1.48. The number of benzene rings is 2. The van der Waals surface area contributed by atoms with Gasteiger partial charge in [0.15, 0.2) is 0 Å². The largest absolute Gasteiger partial charge is 0.493 e. The lowest BCUT2D eigenvalue weighted by Crippen LogP contribution is -2.06. The number of hydrogen-bond donors (Lipinski definition) is 0. The van der Waals surface area contributed by atoms with Crippen LogP contribution in [0.3, 0.4) is 0 Å². The van der Waals surface area contributed by atoms with Crippen LogP contribution in [0, 0.1) is 13.8 Å². The SMILES string of the molecule is Cc1ccc(OCCCn2c(/C=C/c3ccco3)nc3ccccc32)c(C)c1. The molecule has 28 heavy (non-hydrogen) atoms. The van der Waals surface area contributed by atoms with Gasteiger partial charge in [-0.1, -0.05) is 29.8 Å². The number of fused-ring (bicyclic) bond motifs is 1. The van der Waals surface area contributed by atoms with Gasteiger partial charge in [-0.2, -0.15) is 0 Å². The first-order chi connectivity index (χ1) is 13.7. The molecule has 2 aromatic carbocycles. The van der Waals surface area contributed by atoms with E-state index in [4.69, 9.17) is 14.1 Å². The van der Waals surface area contributed by atoms with Crippen molar-refractivity contribution in [1.29, 1.82) is 0 Å². The summed E-state index contributed by atoms with van der Waals surface area (Å²) in [5, 5.41) is 0. The molecule has 2 aromatic heterocycles. The van der Waals surface area contributed by atoms with Crippen molar-refractivity contribution in [3.8, 4) is 5.75 Å². The fourth-order valence-corrected chi connectivity index (χ4v) is 3.37. The predicted octanol–water partition coefficient (Wildman–Crippen LogP) is 5.89. The van der Waals surface area contributed by atoms with E-state index in [1.165, 1.54) is 11.1 Å². The van der Waals surface area contributed by atoms with Crippen LogP contribution in [0.2, 0.25) is 0 Å². The van der Waals surface area contributed by atoms with Crippen molar-refractivity contribution in [3.05, 3.63) is 83.6 Å². The van der Waals surface area contributed by atoms with Crippen LogP contribution in [0.1, 0.15) is 29.1 Å². The van der Waals surface area contributed by atoms with E-state index >= 15 is 0 Å². The molecule has 2 heterocycles. The van der Waals surface area contributed by atoms with Crippen LogP contribution >= 0.6 is 0 Å². The first kappa shape index (κ1) is 18.1. The highest BCUT2D eigenvalue weighted by Gasteiger charge is 2.08. The van der Waals surface area contributed by atoms with Crippen LogP contribution in [0.4, 0.5) is 0 Å². The molecule has 0 fully saturated rings. The summed E-state index contributed by atoms with van der Waals surface area (Å²) in [7, 11) is 0. The number of imidazole rings is 1. The van der Waals surface area contributed by atoms with Crippen LogP contribution in [0.25, 0.3) is 23.2 Å². The van der Waals surface area contributed by atoms with Gasteiger partial charge >= 0.3 is 0 Å². The van der Waals surface area contributed by atoms with Gasteiger partial charge in [0.25, 0.3) is 0 Å². The molecule has 0 N–H and O–H groups in total. The van der Waals surface area contributed by atoms with Crippen LogP contribution in [-0.4, -0.2) is 16.2 Å². The van der Waals surface area contributed by atoms with Crippen molar-refractivity contribution >= 4 is 23.2 Å². The van der Waals surface area contributed by atoms with E-state index in [2.05, 4.69) is 42.7 Å². The summed E-state index contributed by atoms with van der Waals surface area (Å²) in [6, 6.07) is 18.3. The Kier molecular flexibility index (Phi) is 5.29. The Labute approximate surface area is 165 Å². The van der Waals surface area contributed by atoms with Crippen molar-refractivity contribution < 1.29 is 9.15 Å². The smallest absolute Gasteiger partial charge is 0.133 e. The number of aromatic nitrogens is 2. The van der Waals surface area contributed by atoms with Gasteiger partial charge in [0.05, 0.1) is 23.9 Å². The monoisotopic (exact) mass is 372 g/mol. The molecular formula is C24H24N2O2. The molecule has 0 atom stereocenters. The average molecular weight is 372 g/mol. The first-order valence-electron chi connectivity index (χ1n) is 9.57. The third-order valence-electron chi connectivity index (χ3n) is 4.74. The number of aryl methyl sites for hydroxylation is 3. The fourth-order valence-electron chi connectivity index (χ4n) is 3.37. The molecule has 0 unspecified atom stereocenters. The lowest BCUT2D eigenvalue weighted by Gasteiger charge is -2.11. The average Bonchev–Trinajstić information content (AvgIpc) is 3.32. The van der Waals surface area contributed by atoms with Crippen molar-refractivity contribution in [1.82, 2.24) is 9.55 Å². The molecule has 4 nitrogen and oxygen atoms in total. The van der Waals surface area contributed by atoms with Gasteiger partial charge in [0.1, 0.15) is 17.3 Å². The molecule has 0 amide bonds. The van der Waals surface area contributed by atoms with E-state index in [1.807, 2.05) is 42.5 Å². The molecule has 0 saturated carbocycles. The minimum Gasteiger partial charge on any atom is -0.493 e. The second-order valence-electron chi connectivity index (χ2n) is 6.93. The number of para-hydroxylation sites is 2. The summed E-state index contributed by atoms with van der Waals surface area (Å²) >= 11 is 0. The summed E-state index contributed by atoms with van der Waals surface area (Å²) in [6.07, 6.45) is 6.52. The lowest BCUT2D eigenvalue weighted by molar-refractivity contribution is 0.300. The van der Waals surface area contributed by atoms with Gasteiger partial charge in [-0.25, -0.2) is 4.98 Å². The fraction of sp³-hybridized carbons (Fsp3) is 0.208. The normalized spacial score (nSPS) is 11.5. The maximum absolute atomic E-state index is 5.99. The van der Waals surface area contributed by atoms with Crippen molar-refractivity contribution in [3.63, 3.8) is 0 Å². The molecule has 4 rings (SSSR count). The summed E-state index contributed by atoms with van der Waals surface area (Å²) < 4.78 is 13.6. The van der Waals surface area contributed by atoms with Crippen LogP contribution in [0.15, 0.2) is 65.3 Å². The highest BCUT2D eigenvalue weighted by atomic mass is 16.5. The topological polar surface area (TPSA) is 40.2 Å². The number of ether oxygens (including phenoxy) is 1. The molecule has 0 aliphatic carbocycles. The van der Waals surface area contributed by atoms with Crippen LogP contribution in [0.5, 0.6) is 5.75 Å². The van der Waals surface area contributed by atoms with Crippen LogP contribution < -0.4 is 4.74 Å². The van der Waals surface area contributed by atoms with Gasteiger partial charge in [-0.05, 0) is 68.3 Å². The van der Waals surface area contributed by atoms with Crippen LogP contribution in [-0.2, 0) is 6.54 Å². The van der Waals surface area contributed by atoms with E-state index in [-0.39, 0.29) is 0 Å². The third kappa shape index (κ3) is 4.01. The molecule has 0 saturated heterocycles. The van der Waals surface area contributed by atoms with Gasteiger partial charge in [0, 0.05) is 6.54 Å². The molecule has 4 aromatic rings. The van der Waals surface area contributed by atoms with E-state index in [0.717, 1.165) is 41.3 Å². The van der Waals surface area contributed by atoms with Crippen molar-refractivity contribution in [2.75, 3.05) is 6.61 Å². The Morgan fingerprint density at radius 1 is 1.04 bits per heavy atom. The molecule has 0 aliphatic heterocycles. The maximum atomic E-state index is 5.99. The summed E-state index contributed by atoms with van der Waals surface area (Å²) in [5.41, 5.74) is 4.56. The molecular weight excluding hydrogens is 348 g/mol. The highest BCUT2D eigenvalue weighted by molar-refractivity contribution is 5.79. The van der Waals surface area contributed by atoms with Gasteiger partial charge in [0.2, 0.25) is 0 Å². The van der Waals surface area contributed by atoms with E-state index in [1.54, 1.807) is 6.26 Å². The zero-order chi connectivity index (χ0) is 19.3. The maximum Gasteiger partial charge on any atom is 0.133 e. The summed E-state index contributed by atoms with van der Waals surface area (Å²) in [5.74, 6) is 2.69. The molecule has 142 valence electrons. The number of hydrogen-bond acceptors (Lipinski definition) is 3. The number of rotatable bonds is 7. The molecule has 0 bridgehead atoms. The minimum atomic E-state index is 0.664. The molecule has 0 aliphatic rings. The Morgan fingerprint density at radius 3 is 2.75 bits per heavy atom.